The fraction of sp³-hybridized carbons (Fsp3) is 0.0588. The number of aryl methyl sites for hydroxylation is 1. The number of halogens is 1. The molecule has 0 amide bonds. The first-order valence-electron chi connectivity index (χ1n) is 6.55. The van der Waals surface area contributed by atoms with Gasteiger partial charge in [0.25, 0.3) is 0 Å². The molecule has 4 heteroatoms. The monoisotopic (exact) mass is 340 g/mol. The van der Waals surface area contributed by atoms with Crippen molar-refractivity contribution >= 4 is 28.2 Å². The molecule has 0 saturated carbocycles. The van der Waals surface area contributed by atoms with E-state index in [1.165, 1.54) is 5.56 Å². The number of hydrogen-bond donors (Lipinski definition) is 0. The van der Waals surface area contributed by atoms with Crippen LogP contribution in [0.1, 0.15) is 11.1 Å². The molecule has 0 fully saturated rings. The molecule has 1 heterocycles. The van der Waals surface area contributed by atoms with E-state index in [1.54, 1.807) is 6.21 Å². The Hall–Kier alpha value is -2.20. The van der Waals surface area contributed by atoms with E-state index >= 15 is 0 Å². The third-order valence-electron chi connectivity index (χ3n) is 3.02. The number of benzene rings is 2. The summed E-state index contributed by atoms with van der Waals surface area (Å²) in [7, 11) is 0. The van der Waals surface area contributed by atoms with Gasteiger partial charge >= 0.3 is 6.01 Å². The van der Waals surface area contributed by atoms with Crippen LogP contribution in [0.25, 0.3) is 11.3 Å². The molecule has 3 rings (SSSR count). The molecule has 0 bridgehead atoms. The summed E-state index contributed by atoms with van der Waals surface area (Å²) in [5.41, 5.74) is 3.97. The van der Waals surface area contributed by atoms with E-state index in [9.17, 15) is 0 Å². The zero-order valence-electron chi connectivity index (χ0n) is 11.5. The standard InChI is InChI=1S/C17H13BrN2O/c1-12-7-9-14(10-8-12)15-16(18)21-17(20-15)19-11-13-5-3-2-4-6-13/h2-11H,1H3/b19-11+. The summed E-state index contributed by atoms with van der Waals surface area (Å²) in [5.74, 6) is 0. The molecule has 0 aliphatic heterocycles. The second-order valence-corrected chi connectivity index (χ2v) is 5.37. The average molecular weight is 341 g/mol. The van der Waals surface area contributed by atoms with Gasteiger partial charge in [-0.3, -0.25) is 0 Å². The van der Waals surface area contributed by atoms with E-state index in [2.05, 4.69) is 32.8 Å². The van der Waals surface area contributed by atoms with E-state index in [0.29, 0.717) is 10.7 Å². The first kappa shape index (κ1) is 13.8. The van der Waals surface area contributed by atoms with Gasteiger partial charge in [-0.25, -0.2) is 4.99 Å². The van der Waals surface area contributed by atoms with E-state index < -0.39 is 0 Å². The highest BCUT2D eigenvalue weighted by molar-refractivity contribution is 9.10. The molecule has 0 radical (unpaired) electrons. The summed E-state index contributed by atoms with van der Waals surface area (Å²) in [4.78, 5) is 8.68. The predicted octanol–water partition coefficient (Wildman–Crippen LogP) is 5.16. The number of hydrogen-bond acceptors (Lipinski definition) is 3. The van der Waals surface area contributed by atoms with E-state index in [-0.39, 0.29) is 0 Å². The Kier molecular flexibility index (Phi) is 3.97. The van der Waals surface area contributed by atoms with Crippen molar-refractivity contribution in [2.45, 2.75) is 6.92 Å². The van der Waals surface area contributed by atoms with Crippen LogP contribution in [0.2, 0.25) is 0 Å². The largest absolute Gasteiger partial charge is 0.414 e. The van der Waals surface area contributed by atoms with E-state index in [1.807, 2.05) is 54.6 Å². The second-order valence-electron chi connectivity index (χ2n) is 4.65. The Bertz CT molecular complexity index is 761. The molecule has 0 unspecified atom stereocenters. The van der Waals surface area contributed by atoms with Crippen LogP contribution in [0.15, 0.2) is 68.7 Å². The van der Waals surface area contributed by atoms with Gasteiger partial charge < -0.3 is 4.42 Å². The molecular weight excluding hydrogens is 328 g/mol. The summed E-state index contributed by atoms with van der Waals surface area (Å²) in [6, 6.07) is 18.3. The number of nitrogens with zero attached hydrogens (tertiary/aromatic N) is 2. The molecule has 0 atom stereocenters. The zero-order valence-corrected chi connectivity index (χ0v) is 13.0. The maximum atomic E-state index is 5.53. The van der Waals surface area contributed by atoms with Gasteiger partial charge in [0.15, 0.2) is 4.67 Å². The lowest BCUT2D eigenvalue weighted by Crippen LogP contribution is -1.80. The first-order valence-corrected chi connectivity index (χ1v) is 7.34. The molecule has 21 heavy (non-hydrogen) atoms. The fourth-order valence-electron chi connectivity index (χ4n) is 1.90. The van der Waals surface area contributed by atoms with Crippen LogP contribution < -0.4 is 0 Å². The summed E-state index contributed by atoms with van der Waals surface area (Å²) in [6.07, 6.45) is 1.73. The lowest BCUT2D eigenvalue weighted by Gasteiger charge is -1.96. The maximum Gasteiger partial charge on any atom is 0.323 e. The number of oxazole rings is 1. The normalized spacial score (nSPS) is 11.1. The van der Waals surface area contributed by atoms with Gasteiger partial charge in [-0.2, -0.15) is 4.98 Å². The van der Waals surface area contributed by atoms with Crippen molar-refractivity contribution in [3.63, 3.8) is 0 Å². The number of rotatable bonds is 3. The lowest BCUT2D eigenvalue weighted by atomic mass is 10.1. The quantitative estimate of drug-likeness (QED) is 0.617. The minimum atomic E-state index is 0.335. The van der Waals surface area contributed by atoms with Crippen LogP contribution in [0.3, 0.4) is 0 Å². The van der Waals surface area contributed by atoms with Crippen molar-refractivity contribution in [2.24, 2.45) is 4.99 Å². The highest BCUT2D eigenvalue weighted by atomic mass is 79.9. The molecule has 0 aliphatic rings. The Labute approximate surface area is 131 Å². The lowest BCUT2D eigenvalue weighted by molar-refractivity contribution is 0.546. The molecule has 1 aromatic heterocycles. The summed E-state index contributed by atoms with van der Waals surface area (Å²) < 4.78 is 6.12. The smallest absolute Gasteiger partial charge is 0.323 e. The second kappa shape index (κ2) is 6.06. The van der Waals surface area contributed by atoms with Crippen LogP contribution in [0, 0.1) is 6.92 Å². The molecule has 0 saturated heterocycles. The van der Waals surface area contributed by atoms with Crippen molar-refractivity contribution in [1.82, 2.24) is 4.98 Å². The molecular formula is C17H13BrN2O. The Morgan fingerprint density at radius 2 is 1.76 bits per heavy atom. The van der Waals surface area contributed by atoms with E-state index in [4.69, 9.17) is 4.42 Å². The van der Waals surface area contributed by atoms with Crippen LogP contribution in [-0.4, -0.2) is 11.2 Å². The molecule has 0 N–H and O–H groups in total. The van der Waals surface area contributed by atoms with E-state index in [0.717, 1.165) is 16.8 Å². The van der Waals surface area contributed by atoms with Crippen LogP contribution in [0.5, 0.6) is 0 Å². The summed E-state index contributed by atoms with van der Waals surface area (Å²) in [5, 5.41) is 0. The van der Waals surface area contributed by atoms with Gasteiger partial charge in [-0.15, -0.1) is 0 Å². The Morgan fingerprint density at radius 1 is 1.05 bits per heavy atom. The van der Waals surface area contributed by atoms with Crippen LogP contribution >= 0.6 is 15.9 Å². The Morgan fingerprint density at radius 3 is 2.48 bits per heavy atom. The van der Waals surface area contributed by atoms with Gasteiger partial charge in [-0.1, -0.05) is 60.2 Å². The fourth-order valence-corrected chi connectivity index (χ4v) is 2.37. The van der Waals surface area contributed by atoms with Crippen molar-refractivity contribution < 1.29 is 4.42 Å². The summed E-state index contributed by atoms with van der Waals surface area (Å²) in [6.45, 7) is 2.05. The van der Waals surface area contributed by atoms with Crippen molar-refractivity contribution in [3.8, 4) is 11.3 Å². The third kappa shape index (κ3) is 3.28. The van der Waals surface area contributed by atoms with Gasteiger partial charge in [0, 0.05) is 11.8 Å². The summed E-state index contributed by atoms with van der Waals surface area (Å²) >= 11 is 3.40. The first-order chi connectivity index (χ1) is 10.2. The predicted molar refractivity (Wildman–Crippen MR) is 88.1 cm³/mol. The highest BCUT2D eigenvalue weighted by Crippen LogP contribution is 2.31. The van der Waals surface area contributed by atoms with Crippen LogP contribution in [0.4, 0.5) is 6.01 Å². The van der Waals surface area contributed by atoms with Gasteiger partial charge in [0.05, 0.1) is 0 Å². The zero-order chi connectivity index (χ0) is 14.7. The van der Waals surface area contributed by atoms with Crippen molar-refractivity contribution in [3.05, 3.63) is 70.4 Å². The number of aromatic nitrogens is 1. The highest BCUT2D eigenvalue weighted by Gasteiger charge is 2.11. The molecule has 3 nitrogen and oxygen atoms in total. The van der Waals surface area contributed by atoms with Crippen molar-refractivity contribution in [1.29, 1.82) is 0 Å². The molecule has 0 aliphatic carbocycles. The minimum absolute atomic E-state index is 0.335. The minimum Gasteiger partial charge on any atom is -0.414 e. The molecule has 104 valence electrons. The Balaban J connectivity index is 1.88. The topological polar surface area (TPSA) is 38.4 Å². The average Bonchev–Trinajstić information content (AvgIpc) is 2.88. The van der Waals surface area contributed by atoms with Crippen LogP contribution in [-0.2, 0) is 0 Å². The SMILES string of the molecule is Cc1ccc(-c2nc(/N=C/c3ccccc3)oc2Br)cc1. The van der Waals surface area contributed by atoms with Gasteiger partial charge in [-0.05, 0) is 28.4 Å². The molecule has 3 aromatic rings. The molecule has 0 spiro atoms. The van der Waals surface area contributed by atoms with Gasteiger partial charge in [0.2, 0.25) is 0 Å². The maximum absolute atomic E-state index is 5.53. The third-order valence-corrected chi connectivity index (χ3v) is 3.56. The number of aliphatic imine (C=N–C) groups is 1. The van der Waals surface area contributed by atoms with Gasteiger partial charge in [0.1, 0.15) is 5.69 Å². The van der Waals surface area contributed by atoms with Crippen molar-refractivity contribution in [2.75, 3.05) is 0 Å². The molecule has 2 aromatic carbocycles.